The fourth-order valence-electron chi connectivity index (χ4n) is 2.98. The summed E-state index contributed by atoms with van der Waals surface area (Å²) in [5.41, 5.74) is 2.69. The van der Waals surface area contributed by atoms with Crippen LogP contribution in [0.25, 0.3) is 11.3 Å². The number of fused-ring (bicyclic) bond motifs is 1. The zero-order valence-electron chi connectivity index (χ0n) is 15.7. The number of thiazole rings is 1. The summed E-state index contributed by atoms with van der Waals surface area (Å²) in [6, 6.07) is 13.3. The van der Waals surface area contributed by atoms with Crippen LogP contribution in [0.4, 0.5) is 5.13 Å². The fraction of sp³-hybridized carbons (Fsp3) is 0.238. The molecule has 7 heteroatoms. The molecule has 0 saturated heterocycles. The lowest BCUT2D eigenvalue weighted by molar-refractivity contribution is -0.115. The molecule has 1 aliphatic heterocycles. The van der Waals surface area contributed by atoms with Crippen LogP contribution in [0.5, 0.6) is 17.2 Å². The Morgan fingerprint density at radius 2 is 1.96 bits per heavy atom. The monoisotopic (exact) mass is 396 g/mol. The first kappa shape index (κ1) is 18.3. The predicted octanol–water partition coefficient (Wildman–Crippen LogP) is 4.43. The van der Waals surface area contributed by atoms with Gasteiger partial charge < -0.3 is 19.5 Å². The molecule has 1 aliphatic rings. The van der Waals surface area contributed by atoms with Gasteiger partial charge in [-0.05, 0) is 49.7 Å². The molecule has 0 fully saturated rings. The third-order valence-electron chi connectivity index (χ3n) is 4.29. The first-order valence-corrected chi connectivity index (χ1v) is 9.83. The van der Waals surface area contributed by atoms with Crippen molar-refractivity contribution in [2.75, 3.05) is 18.7 Å². The number of aryl methyl sites for hydroxylation is 1. The van der Waals surface area contributed by atoms with Gasteiger partial charge in [-0.2, -0.15) is 0 Å². The largest absolute Gasteiger partial charge is 0.494 e. The van der Waals surface area contributed by atoms with Crippen LogP contribution in [0.1, 0.15) is 17.4 Å². The van der Waals surface area contributed by atoms with E-state index in [1.54, 1.807) is 0 Å². The van der Waals surface area contributed by atoms with Crippen molar-refractivity contribution in [2.24, 2.45) is 0 Å². The first-order valence-electron chi connectivity index (χ1n) is 9.01. The quantitative estimate of drug-likeness (QED) is 0.668. The standard InChI is InChI=1S/C21H20N2O4S/c1-3-25-16-7-4-14(5-8-16)10-19(24)22-21-23-20(13(2)28-21)15-6-9-17-18(11-15)27-12-26-17/h4-9,11H,3,10,12H2,1-2H3,(H,22,23,24). The predicted molar refractivity (Wildman–Crippen MR) is 108 cm³/mol. The second kappa shape index (κ2) is 7.90. The highest BCUT2D eigenvalue weighted by Crippen LogP contribution is 2.38. The van der Waals surface area contributed by atoms with Crippen molar-refractivity contribution in [1.82, 2.24) is 4.98 Å². The first-order chi connectivity index (χ1) is 13.6. The summed E-state index contributed by atoms with van der Waals surface area (Å²) in [6.07, 6.45) is 0.282. The van der Waals surface area contributed by atoms with E-state index in [-0.39, 0.29) is 19.1 Å². The number of hydrogen-bond donors (Lipinski definition) is 1. The van der Waals surface area contributed by atoms with Crippen LogP contribution in [0, 0.1) is 6.92 Å². The number of amides is 1. The molecule has 0 bridgehead atoms. The van der Waals surface area contributed by atoms with E-state index in [0.717, 1.165) is 33.2 Å². The number of benzene rings is 2. The molecule has 0 spiro atoms. The summed E-state index contributed by atoms with van der Waals surface area (Å²) in [4.78, 5) is 18.0. The minimum Gasteiger partial charge on any atom is -0.494 e. The van der Waals surface area contributed by atoms with Gasteiger partial charge in [0.1, 0.15) is 5.75 Å². The van der Waals surface area contributed by atoms with Crippen LogP contribution in [0.15, 0.2) is 42.5 Å². The number of ether oxygens (including phenoxy) is 3. The zero-order chi connectivity index (χ0) is 19.5. The Hall–Kier alpha value is -3.06. The van der Waals surface area contributed by atoms with E-state index >= 15 is 0 Å². The summed E-state index contributed by atoms with van der Waals surface area (Å²) in [5, 5.41) is 3.48. The van der Waals surface area contributed by atoms with E-state index in [9.17, 15) is 4.79 Å². The van der Waals surface area contributed by atoms with Crippen LogP contribution in [-0.2, 0) is 11.2 Å². The number of anilines is 1. The number of aromatic nitrogens is 1. The summed E-state index contributed by atoms with van der Waals surface area (Å²) in [5.74, 6) is 2.15. The second-order valence-electron chi connectivity index (χ2n) is 6.29. The molecular formula is C21H20N2O4S. The van der Waals surface area contributed by atoms with Crippen LogP contribution >= 0.6 is 11.3 Å². The highest BCUT2D eigenvalue weighted by molar-refractivity contribution is 7.16. The summed E-state index contributed by atoms with van der Waals surface area (Å²) in [7, 11) is 0. The molecule has 6 nitrogen and oxygen atoms in total. The lowest BCUT2D eigenvalue weighted by atomic mass is 10.1. The SMILES string of the molecule is CCOc1ccc(CC(=O)Nc2nc(-c3ccc4c(c3)OCO4)c(C)s2)cc1. The van der Waals surface area contributed by atoms with Gasteiger partial charge in [0.05, 0.1) is 18.7 Å². The van der Waals surface area contributed by atoms with Crippen LogP contribution in [0.2, 0.25) is 0 Å². The molecule has 0 unspecified atom stereocenters. The third-order valence-corrected chi connectivity index (χ3v) is 5.17. The van der Waals surface area contributed by atoms with E-state index < -0.39 is 0 Å². The third kappa shape index (κ3) is 3.94. The number of rotatable bonds is 6. The van der Waals surface area contributed by atoms with E-state index in [4.69, 9.17) is 14.2 Å². The lowest BCUT2D eigenvalue weighted by Crippen LogP contribution is -2.14. The highest BCUT2D eigenvalue weighted by Gasteiger charge is 2.17. The number of nitrogens with one attached hydrogen (secondary N) is 1. The number of hydrogen-bond acceptors (Lipinski definition) is 6. The molecule has 1 aromatic heterocycles. The Morgan fingerprint density at radius 3 is 2.75 bits per heavy atom. The topological polar surface area (TPSA) is 69.7 Å². The van der Waals surface area contributed by atoms with Crippen molar-refractivity contribution in [3.8, 4) is 28.5 Å². The molecule has 4 rings (SSSR count). The Balaban J connectivity index is 1.44. The van der Waals surface area contributed by atoms with Crippen molar-refractivity contribution >= 4 is 22.4 Å². The molecule has 1 N–H and O–H groups in total. The second-order valence-corrected chi connectivity index (χ2v) is 7.50. The minimum absolute atomic E-state index is 0.102. The summed E-state index contributed by atoms with van der Waals surface area (Å²) < 4.78 is 16.2. The molecule has 2 heterocycles. The molecule has 0 atom stereocenters. The number of carbonyl (C=O) groups is 1. The molecule has 28 heavy (non-hydrogen) atoms. The van der Waals surface area contributed by atoms with Crippen molar-refractivity contribution in [3.63, 3.8) is 0 Å². The van der Waals surface area contributed by atoms with E-state index in [2.05, 4.69) is 10.3 Å². The van der Waals surface area contributed by atoms with Crippen LogP contribution < -0.4 is 19.5 Å². The van der Waals surface area contributed by atoms with Gasteiger partial charge in [0.15, 0.2) is 16.6 Å². The molecular weight excluding hydrogens is 376 g/mol. The van der Waals surface area contributed by atoms with Crippen molar-refractivity contribution in [3.05, 3.63) is 52.9 Å². The van der Waals surface area contributed by atoms with Gasteiger partial charge in [0.25, 0.3) is 0 Å². The van der Waals surface area contributed by atoms with Crippen LogP contribution in [-0.4, -0.2) is 24.3 Å². The Morgan fingerprint density at radius 1 is 1.18 bits per heavy atom. The molecule has 2 aromatic carbocycles. The average molecular weight is 396 g/mol. The van der Waals surface area contributed by atoms with Gasteiger partial charge in [0.2, 0.25) is 12.7 Å². The van der Waals surface area contributed by atoms with Crippen molar-refractivity contribution < 1.29 is 19.0 Å². The average Bonchev–Trinajstić information content (AvgIpc) is 3.29. The minimum atomic E-state index is -0.102. The summed E-state index contributed by atoms with van der Waals surface area (Å²) >= 11 is 1.46. The Labute approximate surface area is 167 Å². The highest BCUT2D eigenvalue weighted by atomic mass is 32.1. The Bertz CT molecular complexity index is 998. The lowest BCUT2D eigenvalue weighted by Gasteiger charge is -2.05. The van der Waals surface area contributed by atoms with Gasteiger partial charge in [-0.3, -0.25) is 4.79 Å². The van der Waals surface area contributed by atoms with Gasteiger partial charge in [-0.1, -0.05) is 12.1 Å². The number of nitrogens with zero attached hydrogens (tertiary/aromatic N) is 1. The zero-order valence-corrected chi connectivity index (χ0v) is 16.5. The maximum absolute atomic E-state index is 12.4. The van der Waals surface area contributed by atoms with E-state index in [1.165, 1.54) is 11.3 Å². The van der Waals surface area contributed by atoms with E-state index in [0.29, 0.717) is 17.5 Å². The fourth-order valence-corrected chi connectivity index (χ4v) is 3.83. The maximum atomic E-state index is 12.4. The van der Waals surface area contributed by atoms with Crippen molar-refractivity contribution in [1.29, 1.82) is 0 Å². The van der Waals surface area contributed by atoms with Crippen molar-refractivity contribution in [2.45, 2.75) is 20.3 Å². The molecule has 144 valence electrons. The smallest absolute Gasteiger partial charge is 0.231 e. The Kier molecular flexibility index (Phi) is 5.16. The molecule has 1 amide bonds. The van der Waals surface area contributed by atoms with Gasteiger partial charge in [-0.25, -0.2) is 4.98 Å². The molecule has 3 aromatic rings. The van der Waals surface area contributed by atoms with E-state index in [1.807, 2.05) is 56.3 Å². The maximum Gasteiger partial charge on any atom is 0.231 e. The molecule has 0 saturated carbocycles. The van der Waals surface area contributed by atoms with Crippen LogP contribution in [0.3, 0.4) is 0 Å². The summed E-state index contributed by atoms with van der Waals surface area (Å²) in [6.45, 7) is 4.78. The van der Waals surface area contributed by atoms with Gasteiger partial charge in [-0.15, -0.1) is 11.3 Å². The molecule has 0 aliphatic carbocycles. The normalized spacial score (nSPS) is 12.1. The van der Waals surface area contributed by atoms with Gasteiger partial charge >= 0.3 is 0 Å². The number of carbonyl (C=O) groups excluding carboxylic acids is 1. The van der Waals surface area contributed by atoms with Gasteiger partial charge in [0, 0.05) is 10.4 Å². The molecule has 0 radical (unpaired) electrons.